The van der Waals surface area contributed by atoms with Crippen molar-refractivity contribution in [2.24, 2.45) is 5.41 Å². The van der Waals surface area contributed by atoms with Gasteiger partial charge in [-0.3, -0.25) is 4.90 Å². The number of hydrogen-bond acceptors (Lipinski definition) is 4. The molecule has 2 N–H and O–H groups in total. The van der Waals surface area contributed by atoms with Crippen molar-refractivity contribution in [3.8, 4) is 0 Å². The minimum atomic E-state index is -0.104. The summed E-state index contributed by atoms with van der Waals surface area (Å²) in [5, 5.41) is 18.9. The Morgan fingerprint density at radius 2 is 2.05 bits per heavy atom. The van der Waals surface area contributed by atoms with Crippen molar-refractivity contribution in [2.75, 3.05) is 39.5 Å². The van der Waals surface area contributed by atoms with Gasteiger partial charge in [-0.15, -0.1) is 0 Å². The van der Waals surface area contributed by atoms with Gasteiger partial charge in [-0.05, 0) is 30.4 Å². The van der Waals surface area contributed by atoms with E-state index in [4.69, 9.17) is 4.74 Å². The van der Waals surface area contributed by atoms with E-state index >= 15 is 0 Å². The van der Waals surface area contributed by atoms with E-state index < -0.39 is 0 Å². The van der Waals surface area contributed by atoms with E-state index in [1.807, 2.05) is 0 Å². The molecule has 4 heteroatoms. The summed E-state index contributed by atoms with van der Waals surface area (Å²) in [6.45, 7) is 3.41. The van der Waals surface area contributed by atoms with Crippen LogP contribution >= 0.6 is 0 Å². The number of aryl methyl sites for hydroxylation is 1. The van der Waals surface area contributed by atoms with Crippen LogP contribution in [-0.2, 0) is 11.2 Å². The molecule has 1 unspecified atom stereocenters. The predicted molar refractivity (Wildman–Crippen MR) is 81.1 cm³/mol. The number of hydrogen-bond donors (Lipinski definition) is 2. The van der Waals surface area contributed by atoms with Gasteiger partial charge in [-0.2, -0.15) is 0 Å². The maximum atomic E-state index is 9.69. The fourth-order valence-corrected chi connectivity index (χ4v) is 3.59. The number of aliphatic hydroxyl groups is 2. The SMILES string of the molecule is OCCCN(CC1(CO)COC1)C1CCc2ccccc21. The normalized spacial score (nSPS) is 23.1. The molecule has 3 rings (SSSR count). The molecule has 1 heterocycles. The molecule has 2 aliphatic rings. The monoisotopic (exact) mass is 291 g/mol. The Balaban J connectivity index is 1.76. The smallest absolute Gasteiger partial charge is 0.0579 e. The van der Waals surface area contributed by atoms with E-state index in [0.717, 1.165) is 32.4 Å². The largest absolute Gasteiger partial charge is 0.396 e. The van der Waals surface area contributed by atoms with Crippen LogP contribution in [0, 0.1) is 5.41 Å². The summed E-state index contributed by atoms with van der Waals surface area (Å²) in [6.07, 6.45) is 3.03. The Morgan fingerprint density at radius 3 is 2.71 bits per heavy atom. The Kier molecular flexibility index (Phi) is 4.60. The number of ether oxygens (including phenoxy) is 1. The van der Waals surface area contributed by atoms with E-state index in [1.165, 1.54) is 11.1 Å². The molecule has 0 radical (unpaired) electrons. The molecule has 1 aromatic carbocycles. The average Bonchev–Trinajstić information content (AvgIpc) is 2.90. The van der Waals surface area contributed by atoms with Gasteiger partial charge >= 0.3 is 0 Å². The van der Waals surface area contributed by atoms with E-state index in [1.54, 1.807) is 0 Å². The van der Waals surface area contributed by atoms with Crippen LogP contribution in [-0.4, -0.2) is 54.6 Å². The topological polar surface area (TPSA) is 52.9 Å². The lowest BCUT2D eigenvalue weighted by Crippen LogP contribution is -2.54. The first-order valence-corrected chi connectivity index (χ1v) is 7.89. The van der Waals surface area contributed by atoms with E-state index in [-0.39, 0.29) is 18.6 Å². The molecular formula is C17H25NO3. The molecular weight excluding hydrogens is 266 g/mol. The summed E-state index contributed by atoms with van der Waals surface area (Å²) in [6, 6.07) is 9.07. The molecule has 0 aromatic heterocycles. The first kappa shape index (κ1) is 15.0. The average molecular weight is 291 g/mol. The van der Waals surface area contributed by atoms with Gasteiger partial charge in [0, 0.05) is 25.7 Å². The van der Waals surface area contributed by atoms with E-state index in [0.29, 0.717) is 19.3 Å². The number of fused-ring (bicyclic) bond motifs is 1. The summed E-state index contributed by atoms with van der Waals surface area (Å²) < 4.78 is 5.33. The van der Waals surface area contributed by atoms with Crippen molar-refractivity contribution in [3.05, 3.63) is 35.4 Å². The second kappa shape index (κ2) is 6.44. The lowest BCUT2D eigenvalue weighted by molar-refractivity contribution is -0.152. The maximum Gasteiger partial charge on any atom is 0.0579 e. The highest BCUT2D eigenvalue weighted by Crippen LogP contribution is 2.38. The lowest BCUT2D eigenvalue weighted by Gasteiger charge is -2.45. The van der Waals surface area contributed by atoms with Crippen molar-refractivity contribution in [3.63, 3.8) is 0 Å². The highest BCUT2D eigenvalue weighted by molar-refractivity contribution is 5.34. The highest BCUT2D eigenvalue weighted by Gasteiger charge is 2.41. The molecule has 4 nitrogen and oxygen atoms in total. The molecule has 116 valence electrons. The molecule has 21 heavy (non-hydrogen) atoms. The van der Waals surface area contributed by atoms with Crippen LogP contribution < -0.4 is 0 Å². The second-order valence-electron chi connectivity index (χ2n) is 6.45. The Hall–Kier alpha value is -0.940. The number of nitrogens with zero attached hydrogens (tertiary/aromatic N) is 1. The molecule has 1 saturated heterocycles. The summed E-state index contributed by atoms with van der Waals surface area (Å²) in [7, 11) is 0. The second-order valence-corrected chi connectivity index (χ2v) is 6.45. The number of aliphatic hydroxyl groups excluding tert-OH is 2. The van der Waals surface area contributed by atoms with E-state index in [9.17, 15) is 10.2 Å². The molecule has 1 aliphatic heterocycles. The zero-order valence-corrected chi connectivity index (χ0v) is 12.5. The van der Waals surface area contributed by atoms with Gasteiger partial charge in [0.15, 0.2) is 0 Å². The van der Waals surface area contributed by atoms with Gasteiger partial charge in [0.25, 0.3) is 0 Å². The molecule has 0 bridgehead atoms. The number of benzene rings is 1. The first-order chi connectivity index (χ1) is 10.3. The van der Waals surface area contributed by atoms with Crippen LogP contribution in [0.2, 0.25) is 0 Å². The quantitative estimate of drug-likeness (QED) is 0.796. The van der Waals surface area contributed by atoms with Gasteiger partial charge in [-0.1, -0.05) is 24.3 Å². The van der Waals surface area contributed by atoms with Gasteiger partial charge < -0.3 is 14.9 Å². The van der Waals surface area contributed by atoms with Gasteiger partial charge in [0.2, 0.25) is 0 Å². The van der Waals surface area contributed by atoms with Crippen LogP contribution in [0.25, 0.3) is 0 Å². The third kappa shape index (κ3) is 2.99. The van der Waals surface area contributed by atoms with E-state index in [2.05, 4.69) is 29.2 Å². The van der Waals surface area contributed by atoms with Crippen LogP contribution in [0.3, 0.4) is 0 Å². The fourth-order valence-electron chi connectivity index (χ4n) is 3.59. The van der Waals surface area contributed by atoms with Crippen molar-refractivity contribution in [1.29, 1.82) is 0 Å². The van der Waals surface area contributed by atoms with Crippen LogP contribution in [0.4, 0.5) is 0 Å². The Labute approximate surface area is 126 Å². The zero-order chi connectivity index (χ0) is 14.7. The first-order valence-electron chi connectivity index (χ1n) is 7.89. The standard InChI is InChI=1S/C17H25NO3/c19-9-3-8-18(10-17(11-20)12-21-13-17)16-7-6-14-4-1-2-5-15(14)16/h1-2,4-5,16,19-20H,3,6-13H2. The fraction of sp³-hybridized carbons (Fsp3) is 0.647. The lowest BCUT2D eigenvalue weighted by atomic mass is 9.85. The Morgan fingerprint density at radius 1 is 1.24 bits per heavy atom. The van der Waals surface area contributed by atoms with Crippen molar-refractivity contribution in [2.45, 2.75) is 25.3 Å². The van der Waals surface area contributed by atoms with Gasteiger partial charge in [0.1, 0.15) is 0 Å². The van der Waals surface area contributed by atoms with Crippen LogP contribution in [0.5, 0.6) is 0 Å². The predicted octanol–water partition coefficient (Wildman–Crippen LogP) is 1.37. The summed E-state index contributed by atoms with van der Waals surface area (Å²) in [5.41, 5.74) is 2.76. The minimum Gasteiger partial charge on any atom is -0.396 e. The maximum absolute atomic E-state index is 9.69. The van der Waals surface area contributed by atoms with Crippen molar-refractivity contribution in [1.82, 2.24) is 4.90 Å². The summed E-state index contributed by atoms with van der Waals surface area (Å²) in [4.78, 5) is 2.45. The molecule has 1 aliphatic carbocycles. The molecule has 0 saturated carbocycles. The molecule has 1 aromatic rings. The van der Waals surface area contributed by atoms with Crippen molar-refractivity contribution >= 4 is 0 Å². The van der Waals surface area contributed by atoms with Gasteiger partial charge in [-0.25, -0.2) is 0 Å². The third-order valence-electron chi connectivity index (χ3n) is 4.84. The molecule has 0 amide bonds. The molecule has 1 atom stereocenters. The van der Waals surface area contributed by atoms with Crippen molar-refractivity contribution < 1.29 is 14.9 Å². The van der Waals surface area contributed by atoms with Crippen LogP contribution in [0.1, 0.15) is 30.0 Å². The van der Waals surface area contributed by atoms with Gasteiger partial charge in [0.05, 0.1) is 25.2 Å². The molecule has 1 fully saturated rings. The number of rotatable bonds is 7. The van der Waals surface area contributed by atoms with Crippen LogP contribution in [0.15, 0.2) is 24.3 Å². The Bertz CT molecular complexity index is 467. The highest BCUT2D eigenvalue weighted by atomic mass is 16.5. The summed E-state index contributed by atoms with van der Waals surface area (Å²) >= 11 is 0. The zero-order valence-electron chi connectivity index (χ0n) is 12.5. The molecule has 0 spiro atoms. The summed E-state index contributed by atoms with van der Waals surface area (Å²) in [5.74, 6) is 0. The minimum absolute atomic E-state index is 0.104. The third-order valence-corrected chi connectivity index (χ3v) is 4.84.